The first-order valence-corrected chi connectivity index (χ1v) is 9.25. The Bertz CT molecular complexity index is 978. The Kier molecular flexibility index (Phi) is 5.56. The molecule has 0 radical (unpaired) electrons. The number of rotatable bonds is 5. The van der Waals surface area contributed by atoms with Crippen molar-refractivity contribution in [2.75, 3.05) is 18.0 Å². The zero-order chi connectivity index (χ0) is 22.1. The van der Waals surface area contributed by atoms with Crippen molar-refractivity contribution in [1.82, 2.24) is 10.2 Å². The topological polar surface area (TPSA) is 69.7 Å². The monoisotopic (exact) mass is 419 g/mol. The third kappa shape index (κ3) is 3.87. The maximum Gasteiger partial charge on any atom is 0.416 e. The van der Waals surface area contributed by atoms with Crippen LogP contribution < -0.4 is 10.2 Å². The molecule has 1 unspecified atom stereocenters. The van der Waals surface area contributed by atoms with E-state index in [4.69, 9.17) is 0 Å². The summed E-state index contributed by atoms with van der Waals surface area (Å²) < 4.78 is 39.2. The Morgan fingerprint density at radius 3 is 2.37 bits per heavy atom. The summed E-state index contributed by atoms with van der Waals surface area (Å²) in [6.07, 6.45) is -4.59. The van der Waals surface area contributed by atoms with Gasteiger partial charge >= 0.3 is 12.2 Å². The summed E-state index contributed by atoms with van der Waals surface area (Å²) in [6.45, 7) is 2.87. The van der Waals surface area contributed by atoms with E-state index < -0.39 is 41.7 Å². The van der Waals surface area contributed by atoms with E-state index in [-0.39, 0.29) is 5.56 Å². The lowest BCUT2D eigenvalue weighted by Crippen LogP contribution is -2.44. The van der Waals surface area contributed by atoms with E-state index in [1.165, 1.54) is 24.0 Å². The lowest BCUT2D eigenvalue weighted by molar-refractivity contribution is -0.138. The number of carbonyl (C=O) groups excluding carboxylic acids is 3. The van der Waals surface area contributed by atoms with Gasteiger partial charge in [0.05, 0.1) is 5.56 Å². The van der Waals surface area contributed by atoms with Crippen LogP contribution in [0.3, 0.4) is 0 Å². The van der Waals surface area contributed by atoms with Crippen LogP contribution in [0, 0.1) is 0 Å². The highest BCUT2D eigenvalue weighted by molar-refractivity contribution is 6.10. The van der Waals surface area contributed by atoms with Gasteiger partial charge in [0.25, 0.3) is 5.91 Å². The van der Waals surface area contributed by atoms with Crippen LogP contribution in [0.15, 0.2) is 54.6 Å². The Balaban J connectivity index is 1.85. The van der Waals surface area contributed by atoms with Gasteiger partial charge < -0.3 is 10.2 Å². The lowest BCUT2D eigenvalue weighted by atomic mass is 9.90. The molecular formula is C21H20F3N3O3. The van der Waals surface area contributed by atoms with Crippen molar-refractivity contribution in [1.29, 1.82) is 0 Å². The average Bonchev–Trinajstić information content (AvgIpc) is 2.93. The fourth-order valence-electron chi connectivity index (χ4n) is 3.37. The molecule has 9 heteroatoms. The van der Waals surface area contributed by atoms with E-state index in [2.05, 4.69) is 5.32 Å². The molecule has 1 aliphatic rings. The minimum Gasteiger partial charge on any atom is -0.319 e. The van der Waals surface area contributed by atoms with Crippen molar-refractivity contribution < 1.29 is 27.6 Å². The number of carbonyl (C=O) groups is 3. The molecule has 1 saturated heterocycles. The molecule has 158 valence electrons. The number of likely N-dealkylation sites (N-methyl/N-ethyl adjacent to an activating group) is 1. The molecule has 1 N–H and O–H groups in total. The molecule has 30 heavy (non-hydrogen) atoms. The van der Waals surface area contributed by atoms with E-state index >= 15 is 0 Å². The van der Waals surface area contributed by atoms with Gasteiger partial charge in [0.15, 0.2) is 0 Å². The molecule has 0 bridgehead atoms. The number of hydrogen-bond acceptors (Lipinski definition) is 3. The Morgan fingerprint density at radius 1 is 1.10 bits per heavy atom. The number of amides is 4. The maximum absolute atomic E-state index is 13.1. The molecular weight excluding hydrogens is 399 g/mol. The van der Waals surface area contributed by atoms with Crippen molar-refractivity contribution in [3.05, 3.63) is 65.7 Å². The van der Waals surface area contributed by atoms with Crippen molar-refractivity contribution in [3.8, 4) is 0 Å². The lowest BCUT2D eigenvalue weighted by Gasteiger charge is -2.25. The Morgan fingerprint density at radius 2 is 1.77 bits per heavy atom. The van der Waals surface area contributed by atoms with Gasteiger partial charge in [-0.05, 0) is 43.7 Å². The Hall–Kier alpha value is -3.36. The zero-order valence-electron chi connectivity index (χ0n) is 16.4. The molecule has 1 aliphatic heterocycles. The number of benzene rings is 2. The summed E-state index contributed by atoms with van der Waals surface area (Å²) in [4.78, 5) is 40.3. The van der Waals surface area contributed by atoms with Crippen molar-refractivity contribution in [2.45, 2.75) is 25.6 Å². The number of nitrogens with one attached hydrogen (secondary N) is 1. The summed E-state index contributed by atoms with van der Waals surface area (Å²) in [6, 6.07) is 12.1. The van der Waals surface area contributed by atoms with Gasteiger partial charge in [-0.2, -0.15) is 13.2 Å². The highest BCUT2D eigenvalue weighted by Gasteiger charge is 2.50. The average molecular weight is 419 g/mol. The molecule has 1 heterocycles. The van der Waals surface area contributed by atoms with Crippen molar-refractivity contribution in [2.24, 2.45) is 0 Å². The third-order valence-electron chi connectivity index (χ3n) is 5.02. The largest absolute Gasteiger partial charge is 0.416 e. The maximum atomic E-state index is 13.1. The Labute approximate surface area is 171 Å². The minimum atomic E-state index is -4.59. The van der Waals surface area contributed by atoms with Crippen molar-refractivity contribution >= 4 is 23.5 Å². The number of urea groups is 1. The number of alkyl halides is 3. The summed E-state index contributed by atoms with van der Waals surface area (Å²) in [7, 11) is 0. The van der Waals surface area contributed by atoms with Crippen molar-refractivity contribution in [3.63, 3.8) is 0 Å². The predicted octanol–water partition coefficient (Wildman–Crippen LogP) is 3.53. The van der Waals surface area contributed by atoms with Crippen LogP contribution in [0.25, 0.3) is 0 Å². The van der Waals surface area contributed by atoms with Gasteiger partial charge in [0.1, 0.15) is 12.1 Å². The SMILES string of the molecule is CCN(C(=O)CN1C(=O)NC(C)(c2cccc(C(F)(F)F)c2)C1=O)c1ccccc1. The number of halogens is 3. The first-order valence-electron chi connectivity index (χ1n) is 9.25. The fraction of sp³-hybridized carbons (Fsp3) is 0.286. The molecule has 2 aromatic carbocycles. The van der Waals surface area contributed by atoms with Gasteiger partial charge in [0, 0.05) is 12.2 Å². The number of imide groups is 1. The first-order chi connectivity index (χ1) is 14.1. The predicted molar refractivity (Wildman–Crippen MR) is 104 cm³/mol. The van der Waals surface area contributed by atoms with Gasteiger partial charge in [-0.15, -0.1) is 0 Å². The normalized spacial score (nSPS) is 19.0. The second-order valence-corrected chi connectivity index (χ2v) is 7.00. The molecule has 6 nitrogen and oxygen atoms in total. The van der Waals surface area contributed by atoms with Crippen LogP contribution in [-0.4, -0.2) is 35.8 Å². The number of para-hydroxylation sites is 1. The van der Waals surface area contributed by atoms with Gasteiger partial charge in [-0.1, -0.05) is 30.3 Å². The molecule has 2 aromatic rings. The highest BCUT2D eigenvalue weighted by atomic mass is 19.4. The molecule has 3 rings (SSSR count). The van der Waals surface area contributed by atoms with Gasteiger partial charge in [-0.3, -0.25) is 14.5 Å². The first kappa shape index (κ1) is 21.4. The van der Waals surface area contributed by atoms with E-state index in [0.29, 0.717) is 12.2 Å². The molecule has 1 atom stereocenters. The molecule has 1 fully saturated rings. The van der Waals surface area contributed by atoms with Crippen LogP contribution in [-0.2, 0) is 21.3 Å². The summed E-state index contributed by atoms with van der Waals surface area (Å²) in [5, 5.41) is 2.43. The van der Waals surface area contributed by atoms with Crippen LogP contribution >= 0.6 is 0 Å². The molecule has 0 saturated carbocycles. The summed E-state index contributed by atoms with van der Waals surface area (Å²) in [5.41, 5.74) is -2.04. The third-order valence-corrected chi connectivity index (χ3v) is 5.02. The van der Waals surface area contributed by atoms with E-state index in [1.807, 2.05) is 0 Å². The second kappa shape index (κ2) is 7.81. The van der Waals surface area contributed by atoms with Crippen LogP contribution in [0.2, 0.25) is 0 Å². The van der Waals surface area contributed by atoms with E-state index in [1.54, 1.807) is 37.3 Å². The standard InChI is InChI=1S/C21H20F3N3O3/c1-3-26(16-10-5-4-6-11-16)17(28)13-27-18(29)20(2,25-19(27)30)14-8-7-9-15(12-14)21(22,23)24/h4-12H,3,13H2,1-2H3,(H,25,30). The summed E-state index contributed by atoms with van der Waals surface area (Å²) in [5.74, 6) is -1.27. The molecule has 4 amide bonds. The smallest absolute Gasteiger partial charge is 0.319 e. The molecule has 0 spiro atoms. The second-order valence-electron chi connectivity index (χ2n) is 7.00. The number of hydrogen-bond donors (Lipinski definition) is 1. The quantitative estimate of drug-likeness (QED) is 0.754. The van der Waals surface area contributed by atoms with Gasteiger partial charge in [-0.25, -0.2) is 4.79 Å². The van der Waals surface area contributed by atoms with Crippen LogP contribution in [0.1, 0.15) is 25.0 Å². The summed E-state index contributed by atoms with van der Waals surface area (Å²) >= 11 is 0. The van der Waals surface area contributed by atoms with Crippen LogP contribution in [0.4, 0.5) is 23.7 Å². The number of nitrogens with zero attached hydrogens (tertiary/aromatic N) is 2. The highest BCUT2D eigenvalue weighted by Crippen LogP contribution is 2.34. The fourth-order valence-corrected chi connectivity index (χ4v) is 3.37. The van der Waals surface area contributed by atoms with Gasteiger partial charge in [0.2, 0.25) is 5.91 Å². The zero-order valence-corrected chi connectivity index (χ0v) is 16.4. The molecule has 0 aliphatic carbocycles. The minimum absolute atomic E-state index is 0.0129. The van der Waals surface area contributed by atoms with E-state index in [9.17, 15) is 27.6 Å². The van der Waals surface area contributed by atoms with E-state index in [0.717, 1.165) is 17.0 Å². The number of anilines is 1. The van der Waals surface area contributed by atoms with Crippen LogP contribution in [0.5, 0.6) is 0 Å². The molecule has 0 aromatic heterocycles.